The van der Waals surface area contributed by atoms with Gasteiger partial charge in [0.1, 0.15) is 13.2 Å². The number of carbonyl (C=O) groups is 3. The van der Waals surface area contributed by atoms with Crippen LogP contribution in [0, 0.1) is 0 Å². The van der Waals surface area contributed by atoms with Gasteiger partial charge >= 0.3 is 17.9 Å². The maximum Gasteiger partial charge on any atom is 0.306 e. The zero-order valence-corrected chi connectivity index (χ0v) is 51.6. The third-order valence-corrected chi connectivity index (χ3v) is 15.7. The molecule has 0 aliphatic heterocycles. The van der Waals surface area contributed by atoms with E-state index in [0.29, 0.717) is 19.3 Å². The molecule has 448 valence electrons. The topological polar surface area (TPSA) is 78.9 Å². The maximum atomic E-state index is 12.9. The first-order valence-electron chi connectivity index (χ1n) is 34.3. The largest absolute Gasteiger partial charge is 0.462 e. The van der Waals surface area contributed by atoms with Gasteiger partial charge in [-0.1, -0.05) is 328 Å². The fourth-order valence-corrected chi connectivity index (χ4v) is 10.5. The Morgan fingerprint density at radius 1 is 0.250 bits per heavy atom. The third kappa shape index (κ3) is 62.7. The van der Waals surface area contributed by atoms with E-state index in [4.69, 9.17) is 14.2 Å². The second-order valence-corrected chi connectivity index (χ2v) is 23.4. The molecule has 0 radical (unpaired) electrons. The molecule has 1 atom stereocenters. The second-order valence-electron chi connectivity index (χ2n) is 23.4. The molecule has 0 aromatic rings. The van der Waals surface area contributed by atoms with Crippen molar-refractivity contribution in [2.45, 2.75) is 393 Å². The molecule has 0 heterocycles. The molecule has 0 saturated heterocycles. The molecule has 0 rings (SSSR count). The van der Waals surface area contributed by atoms with Crippen LogP contribution in [-0.4, -0.2) is 37.2 Å². The van der Waals surface area contributed by atoms with E-state index in [-0.39, 0.29) is 31.1 Å². The number of carbonyl (C=O) groups excluding carboxylic acids is 3. The van der Waals surface area contributed by atoms with Gasteiger partial charge in [-0.2, -0.15) is 0 Å². The molecular formula is C70H132O6. The number of allylic oxidation sites excluding steroid dienone is 4. The van der Waals surface area contributed by atoms with Gasteiger partial charge in [-0.25, -0.2) is 0 Å². The lowest BCUT2D eigenvalue weighted by atomic mass is 10.0. The summed E-state index contributed by atoms with van der Waals surface area (Å²) in [7, 11) is 0. The molecule has 0 fully saturated rings. The fraction of sp³-hybridized carbons (Fsp3) is 0.900. The van der Waals surface area contributed by atoms with E-state index in [2.05, 4.69) is 45.1 Å². The number of ether oxygens (including phenoxy) is 3. The normalized spacial score (nSPS) is 12.1. The van der Waals surface area contributed by atoms with Gasteiger partial charge in [-0.05, 0) is 64.2 Å². The van der Waals surface area contributed by atoms with Crippen LogP contribution in [0.2, 0.25) is 0 Å². The SMILES string of the molecule is CCCC/C=C\CCCCCCCC(=O)OCC(COC(=O)CCCCCCCCCCCCCCCCCCCCCCCCCCCCCCC)OC(=O)CCCCCCCCC/C=C\CCCCCCCCC. The number of unbranched alkanes of at least 4 members (excludes halogenated alkanes) is 49. The quantitative estimate of drug-likeness (QED) is 0.0261. The van der Waals surface area contributed by atoms with Crippen molar-refractivity contribution in [3.05, 3.63) is 24.3 Å². The summed E-state index contributed by atoms with van der Waals surface area (Å²) in [6.45, 7) is 6.66. The van der Waals surface area contributed by atoms with Crippen molar-refractivity contribution in [3.63, 3.8) is 0 Å². The average Bonchev–Trinajstić information content (AvgIpc) is 3.42. The zero-order valence-electron chi connectivity index (χ0n) is 51.6. The van der Waals surface area contributed by atoms with Gasteiger partial charge in [0, 0.05) is 19.3 Å². The van der Waals surface area contributed by atoms with Crippen LogP contribution in [0.25, 0.3) is 0 Å². The minimum Gasteiger partial charge on any atom is -0.462 e. The van der Waals surface area contributed by atoms with Crippen LogP contribution >= 0.6 is 0 Å². The smallest absolute Gasteiger partial charge is 0.306 e. The van der Waals surface area contributed by atoms with E-state index >= 15 is 0 Å². The monoisotopic (exact) mass is 1070 g/mol. The summed E-state index contributed by atoms with van der Waals surface area (Å²) in [6, 6.07) is 0. The van der Waals surface area contributed by atoms with Crippen LogP contribution in [0.1, 0.15) is 387 Å². The van der Waals surface area contributed by atoms with E-state index in [1.807, 2.05) is 0 Å². The maximum absolute atomic E-state index is 12.9. The molecule has 0 aromatic heterocycles. The van der Waals surface area contributed by atoms with E-state index in [1.165, 1.54) is 283 Å². The van der Waals surface area contributed by atoms with Gasteiger partial charge in [0.2, 0.25) is 0 Å². The Bertz CT molecular complexity index is 1230. The molecule has 6 nitrogen and oxygen atoms in total. The Kier molecular flexibility index (Phi) is 63.6. The van der Waals surface area contributed by atoms with Crippen molar-refractivity contribution in [3.8, 4) is 0 Å². The van der Waals surface area contributed by atoms with Crippen LogP contribution < -0.4 is 0 Å². The highest BCUT2D eigenvalue weighted by molar-refractivity contribution is 5.71. The predicted octanol–water partition coefficient (Wildman–Crippen LogP) is 23.4. The van der Waals surface area contributed by atoms with Crippen molar-refractivity contribution in [1.29, 1.82) is 0 Å². The molecular weight excluding hydrogens is 937 g/mol. The molecule has 6 heteroatoms. The molecule has 1 unspecified atom stereocenters. The molecule has 76 heavy (non-hydrogen) atoms. The summed E-state index contributed by atoms with van der Waals surface area (Å²) < 4.78 is 16.9. The van der Waals surface area contributed by atoms with Crippen LogP contribution in [0.4, 0.5) is 0 Å². The van der Waals surface area contributed by atoms with Crippen molar-refractivity contribution >= 4 is 17.9 Å². The first kappa shape index (κ1) is 73.9. The van der Waals surface area contributed by atoms with Crippen LogP contribution in [0.5, 0.6) is 0 Å². The van der Waals surface area contributed by atoms with Crippen LogP contribution in [-0.2, 0) is 28.6 Å². The highest BCUT2D eigenvalue weighted by Gasteiger charge is 2.19. The first-order valence-corrected chi connectivity index (χ1v) is 34.3. The molecule has 0 amide bonds. The summed E-state index contributed by atoms with van der Waals surface area (Å²) in [5.41, 5.74) is 0. The van der Waals surface area contributed by atoms with Crippen molar-refractivity contribution in [2.24, 2.45) is 0 Å². The number of rotatable bonds is 64. The summed E-state index contributed by atoms with van der Waals surface area (Å²) in [5.74, 6) is -0.860. The summed E-state index contributed by atoms with van der Waals surface area (Å²) in [4.78, 5) is 38.3. The van der Waals surface area contributed by atoms with Crippen molar-refractivity contribution < 1.29 is 28.6 Å². The molecule has 0 aliphatic carbocycles. The fourth-order valence-electron chi connectivity index (χ4n) is 10.5. The van der Waals surface area contributed by atoms with E-state index in [0.717, 1.165) is 64.2 Å². The Morgan fingerprint density at radius 3 is 0.697 bits per heavy atom. The highest BCUT2D eigenvalue weighted by atomic mass is 16.6. The van der Waals surface area contributed by atoms with Gasteiger partial charge < -0.3 is 14.2 Å². The van der Waals surface area contributed by atoms with E-state index in [1.54, 1.807) is 0 Å². The Hall–Kier alpha value is -2.11. The third-order valence-electron chi connectivity index (χ3n) is 15.7. The second kappa shape index (κ2) is 65.4. The minimum absolute atomic E-state index is 0.0708. The predicted molar refractivity (Wildman–Crippen MR) is 330 cm³/mol. The number of hydrogen-bond acceptors (Lipinski definition) is 6. The van der Waals surface area contributed by atoms with Crippen molar-refractivity contribution in [1.82, 2.24) is 0 Å². The minimum atomic E-state index is -0.774. The van der Waals surface area contributed by atoms with E-state index in [9.17, 15) is 14.4 Å². The molecule has 0 N–H and O–H groups in total. The van der Waals surface area contributed by atoms with Gasteiger partial charge in [-0.15, -0.1) is 0 Å². The Labute approximate surface area is 474 Å². The summed E-state index contributed by atoms with van der Waals surface area (Å²) in [6.07, 6.45) is 79.3. The number of esters is 3. The van der Waals surface area contributed by atoms with Gasteiger partial charge in [0.05, 0.1) is 0 Å². The summed E-state index contributed by atoms with van der Waals surface area (Å²) in [5, 5.41) is 0. The Morgan fingerprint density at radius 2 is 0.447 bits per heavy atom. The lowest BCUT2D eigenvalue weighted by molar-refractivity contribution is -0.167. The molecule has 0 aliphatic rings. The molecule has 0 spiro atoms. The van der Waals surface area contributed by atoms with Crippen LogP contribution in [0.3, 0.4) is 0 Å². The van der Waals surface area contributed by atoms with Crippen molar-refractivity contribution in [2.75, 3.05) is 13.2 Å². The summed E-state index contributed by atoms with van der Waals surface area (Å²) >= 11 is 0. The lowest BCUT2D eigenvalue weighted by Gasteiger charge is -2.18. The van der Waals surface area contributed by atoms with Gasteiger partial charge in [0.25, 0.3) is 0 Å². The first-order chi connectivity index (χ1) is 37.5. The molecule has 0 aromatic carbocycles. The average molecular weight is 1070 g/mol. The van der Waals surface area contributed by atoms with Crippen LogP contribution in [0.15, 0.2) is 24.3 Å². The lowest BCUT2D eigenvalue weighted by Crippen LogP contribution is -2.30. The molecule has 0 bridgehead atoms. The van der Waals surface area contributed by atoms with Gasteiger partial charge in [0.15, 0.2) is 6.10 Å². The zero-order chi connectivity index (χ0) is 55.0. The van der Waals surface area contributed by atoms with E-state index < -0.39 is 6.10 Å². The highest BCUT2D eigenvalue weighted by Crippen LogP contribution is 2.18. The molecule has 0 saturated carbocycles. The Balaban J connectivity index is 4.12. The number of hydrogen-bond donors (Lipinski definition) is 0. The standard InChI is InChI=1S/C70H132O6/c1-4-7-10-13-16-19-22-24-26-28-30-31-32-33-34-35-36-37-38-39-40-42-43-45-48-51-54-57-60-63-69(72)75-66-67(65-74-68(71)62-59-56-53-50-47-21-18-15-12-9-6-3)76-70(73)64-61-58-55-52-49-46-44-41-29-27-25-23-20-17-14-11-8-5-2/h15,18,27,29,67H,4-14,16-17,19-26,28,30-66H2,1-3H3/b18-15-,29-27-. The van der Waals surface area contributed by atoms with Gasteiger partial charge in [-0.3, -0.25) is 14.4 Å².